The van der Waals surface area contributed by atoms with Crippen molar-refractivity contribution in [1.82, 2.24) is 0 Å². The zero-order chi connectivity index (χ0) is 13.6. The van der Waals surface area contributed by atoms with Crippen LogP contribution in [-0.4, -0.2) is 17.6 Å². The van der Waals surface area contributed by atoms with E-state index in [1.54, 1.807) is 0 Å². The van der Waals surface area contributed by atoms with Crippen molar-refractivity contribution < 1.29 is 0 Å². The molecule has 0 aromatic heterocycles. The first-order valence-corrected chi connectivity index (χ1v) is 10.8. The predicted molar refractivity (Wildman–Crippen MR) is 91.7 cm³/mol. The third kappa shape index (κ3) is 2.85. The second kappa shape index (κ2) is 6.50. The first-order chi connectivity index (χ1) is 9.33. The van der Waals surface area contributed by atoms with Crippen LogP contribution in [0.1, 0.15) is 0 Å². The maximum Gasteiger partial charge on any atom is 0.137 e. The van der Waals surface area contributed by atoms with E-state index in [2.05, 4.69) is 85.2 Å². The molecule has 0 fully saturated rings. The Bertz CT molecular complexity index is 492. The van der Waals surface area contributed by atoms with Gasteiger partial charge in [0.25, 0.3) is 0 Å². The van der Waals surface area contributed by atoms with Crippen molar-refractivity contribution in [2.75, 3.05) is 0 Å². The lowest BCUT2D eigenvalue weighted by Gasteiger charge is -2.29. The van der Waals surface area contributed by atoms with Gasteiger partial charge < -0.3 is 0 Å². The van der Waals surface area contributed by atoms with Gasteiger partial charge in [0.05, 0.1) is 0 Å². The number of rotatable bonds is 6. The highest BCUT2D eigenvalue weighted by Gasteiger charge is 2.32. The third-order valence-electron chi connectivity index (χ3n) is 3.67. The van der Waals surface area contributed by atoms with Crippen molar-refractivity contribution in [3.05, 3.63) is 85.2 Å². The average molecular weight is 281 g/mol. The van der Waals surface area contributed by atoms with Crippen LogP contribution >= 0.6 is 0 Å². The fourth-order valence-electron chi connectivity index (χ4n) is 2.59. The van der Waals surface area contributed by atoms with E-state index in [1.165, 1.54) is 16.0 Å². The van der Waals surface area contributed by atoms with E-state index >= 15 is 0 Å². The van der Waals surface area contributed by atoms with E-state index in [-0.39, 0.29) is 9.52 Å². The number of benzene rings is 2. The summed E-state index contributed by atoms with van der Waals surface area (Å²) in [4.78, 5) is 0. The maximum atomic E-state index is 4.19. The molecule has 0 bridgehead atoms. The van der Waals surface area contributed by atoms with E-state index in [4.69, 9.17) is 0 Å². The Hall–Kier alpha value is -1.65. The van der Waals surface area contributed by atoms with Gasteiger partial charge in [0.1, 0.15) is 8.07 Å². The highest BCUT2D eigenvalue weighted by molar-refractivity contribution is 7.09. The van der Waals surface area contributed by atoms with Crippen LogP contribution < -0.4 is 10.4 Å². The van der Waals surface area contributed by atoms with E-state index in [0.717, 1.165) is 0 Å². The van der Waals surface area contributed by atoms with Crippen LogP contribution in [0.2, 0.25) is 5.67 Å². The molecule has 0 radical (unpaired) electrons. The molecule has 0 saturated carbocycles. The van der Waals surface area contributed by atoms with Crippen LogP contribution in [0.4, 0.5) is 0 Å². The van der Waals surface area contributed by atoms with Crippen LogP contribution in [0.5, 0.6) is 0 Å². The molecule has 0 aliphatic carbocycles. The average Bonchev–Trinajstić information content (AvgIpc) is 2.51. The summed E-state index contributed by atoms with van der Waals surface area (Å²) < 4.78 is 0. The quantitative estimate of drug-likeness (QED) is 0.712. The van der Waals surface area contributed by atoms with Crippen LogP contribution in [0.25, 0.3) is 0 Å². The maximum absolute atomic E-state index is 4.19. The molecule has 0 amide bonds. The Balaban J connectivity index is 2.54. The largest absolute Gasteiger partial charge is 0.137 e. The molecule has 0 unspecified atom stereocenters. The molecule has 0 aliphatic rings. The minimum atomic E-state index is -1.79. The molecule has 0 aliphatic heterocycles. The lowest BCUT2D eigenvalue weighted by atomic mass is 10.4. The normalized spacial score (nSPS) is 11.6. The molecule has 0 N–H and O–H groups in total. The van der Waals surface area contributed by atoms with Crippen LogP contribution in [0.3, 0.4) is 0 Å². The molecule has 2 rings (SSSR count). The smallest absolute Gasteiger partial charge is 0.109 e. The van der Waals surface area contributed by atoms with Crippen molar-refractivity contribution in [3.8, 4) is 0 Å². The molecular weight excluding hydrogens is 260 g/mol. The van der Waals surface area contributed by atoms with Crippen molar-refractivity contribution in [2.45, 2.75) is 5.67 Å². The Kier molecular flexibility index (Phi) is 4.71. The van der Waals surface area contributed by atoms with Gasteiger partial charge in [-0.2, -0.15) is 0 Å². The molecule has 0 nitrogen and oxygen atoms in total. The lowest BCUT2D eigenvalue weighted by Crippen LogP contribution is -2.57. The van der Waals surface area contributed by atoms with Crippen LogP contribution in [0, 0.1) is 0 Å². The molecule has 19 heavy (non-hydrogen) atoms. The summed E-state index contributed by atoms with van der Waals surface area (Å²) in [6.45, 7) is 8.12. The fraction of sp³-hybridized carbons (Fsp3) is 0.0588. The van der Waals surface area contributed by atoms with Gasteiger partial charge >= 0.3 is 0 Å². The second-order valence-corrected chi connectivity index (χ2v) is 11.4. The minimum absolute atomic E-state index is 0.227. The Labute approximate surface area is 119 Å². The monoisotopic (exact) mass is 280 g/mol. The van der Waals surface area contributed by atoms with Gasteiger partial charge in [-0.3, -0.25) is 0 Å². The topological polar surface area (TPSA) is 0 Å². The van der Waals surface area contributed by atoms with Crippen molar-refractivity contribution in [1.29, 1.82) is 0 Å². The highest BCUT2D eigenvalue weighted by Crippen LogP contribution is 2.12. The van der Waals surface area contributed by atoms with Crippen molar-refractivity contribution in [2.24, 2.45) is 0 Å². The van der Waals surface area contributed by atoms with Gasteiger partial charge in [0.15, 0.2) is 0 Å². The second-order valence-electron chi connectivity index (χ2n) is 4.73. The zero-order valence-corrected chi connectivity index (χ0v) is 13.7. The summed E-state index contributed by atoms with van der Waals surface area (Å²) in [7, 11) is -2.01. The predicted octanol–water partition coefficient (Wildman–Crippen LogP) is 2.24. The number of hydrogen-bond donors (Lipinski definition) is 0. The summed E-state index contributed by atoms with van der Waals surface area (Å²) in [6, 6.07) is 21.8. The summed E-state index contributed by atoms with van der Waals surface area (Å²) in [5, 5.41) is 2.93. The van der Waals surface area contributed by atoms with Gasteiger partial charge in [-0.15, -0.1) is 18.9 Å². The molecular formula is C17H20Si2. The van der Waals surface area contributed by atoms with Crippen LogP contribution in [-0.2, 0) is 0 Å². The molecule has 2 aromatic rings. The van der Waals surface area contributed by atoms with Gasteiger partial charge in [-0.05, 0) is 0 Å². The Morgan fingerprint density at radius 3 is 1.68 bits per heavy atom. The molecule has 0 heterocycles. The SMILES string of the molecule is C=C[SiH2]C[Si](C=C)(c1ccccc1)c1ccccc1. The summed E-state index contributed by atoms with van der Waals surface area (Å²) in [6.07, 6.45) is 0. The first-order valence-electron chi connectivity index (χ1n) is 6.69. The molecule has 0 spiro atoms. The summed E-state index contributed by atoms with van der Waals surface area (Å²) >= 11 is 0. The van der Waals surface area contributed by atoms with E-state index in [9.17, 15) is 0 Å². The molecule has 2 aromatic carbocycles. The summed E-state index contributed by atoms with van der Waals surface area (Å²) in [5.41, 5.74) is 5.67. The lowest BCUT2D eigenvalue weighted by molar-refractivity contribution is 1.67. The van der Waals surface area contributed by atoms with Gasteiger partial charge in [0, 0.05) is 9.52 Å². The van der Waals surface area contributed by atoms with Crippen molar-refractivity contribution in [3.63, 3.8) is 0 Å². The first kappa shape index (κ1) is 13.8. The fourth-order valence-corrected chi connectivity index (χ4v) is 10.7. The Morgan fingerprint density at radius 1 is 0.842 bits per heavy atom. The van der Waals surface area contributed by atoms with Gasteiger partial charge in [-0.1, -0.05) is 82.4 Å². The zero-order valence-electron chi connectivity index (χ0n) is 11.3. The minimum Gasteiger partial charge on any atom is -0.109 e. The van der Waals surface area contributed by atoms with E-state index in [1.807, 2.05) is 0 Å². The van der Waals surface area contributed by atoms with Gasteiger partial charge in [0.2, 0.25) is 0 Å². The summed E-state index contributed by atoms with van der Waals surface area (Å²) in [5.74, 6) is 0. The van der Waals surface area contributed by atoms with E-state index < -0.39 is 8.07 Å². The van der Waals surface area contributed by atoms with Crippen molar-refractivity contribution >= 4 is 28.0 Å². The van der Waals surface area contributed by atoms with Crippen LogP contribution in [0.15, 0.2) is 85.2 Å². The van der Waals surface area contributed by atoms with Gasteiger partial charge in [-0.25, -0.2) is 0 Å². The molecule has 96 valence electrons. The van der Waals surface area contributed by atoms with E-state index in [0.29, 0.717) is 0 Å². The molecule has 0 atom stereocenters. The highest BCUT2D eigenvalue weighted by atomic mass is 28.4. The standard InChI is InChI=1S/C17H20Si2/c1-3-18-15-19(4-2,16-11-7-5-8-12-16)17-13-9-6-10-14-17/h3-14H,1-2,15,18H2. The molecule has 0 saturated heterocycles. The Morgan fingerprint density at radius 2 is 1.32 bits per heavy atom. The third-order valence-corrected chi connectivity index (χ3v) is 11.8. The number of hydrogen-bond acceptors (Lipinski definition) is 0. The molecule has 2 heteroatoms.